The van der Waals surface area contributed by atoms with Crippen molar-refractivity contribution in [3.63, 3.8) is 0 Å². The Kier molecular flexibility index (Phi) is 4.94. The third-order valence-electron chi connectivity index (χ3n) is 6.83. The number of rotatable bonds is 3. The Hall–Kier alpha value is -3.06. The van der Waals surface area contributed by atoms with Crippen LogP contribution in [0.25, 0.3) is 0 Å². The first-order valence-corrected chi connectivity index (χ1v) is 10.1. The molecule has 1 aliphatic carbocycles. The minimum atomic E-state index is -1.00. The monoisotopic (exact) mass is 409 g/mol. The van der Waals surface area contributed by atoms with Gasteiger partial charge >= 0.3 is 12.0 Å². The zero-order chi connectivity index (χ0) is 21.6. The number of carboxylic acid groups (broad SMARTS) is 1. The first kappa shape index (κ1) is 20.2. The van der Waals surface area contributed by atoms with Crippen LogP contribution >= 0.6 is 0 Å². The van der Waals surface area contributed by atoms with Gasteiger partial charge in [0.25, 0.3) is 0 Å². The van der Waals surface area contributed by atoms with Crippen LogP contribution in [0.2, 0.25) is 0 Å². The van der Waals surface area contributed by atoms with Crippen molar-refractivity contribution in [2.24, 2.45) is 0 Å². The van der Waals surface area contributed by atoms with Gasteiger partial charge in [-0.15, -0.1) is 0 Å². The molecule has 2 bridgehead atoms. The van der Waals surface area contributed by atoms with Gasteiger partial charge < -0.3 is 25.3 Å². The number of piperidine rings is 1. The summed E-state index contributed by atoms with van der Waals surface area (Å²) >= 11 is 0. The third kappa shape index (κ3) is 3.29. The Labute approximate surface area is 175 Å². The van der Waals surface area contributed by atoms with Crippen molar-refractivity contribution < 1.29 is 19.8 Å². The summed E-state index contributed by atoms with van der Waals surface area (Å²) in [6.07, 6.45) is 1.70. The molecule has 0 unspecified atom stereocenters. The highest BCUT2D eigenvalue weighted by atomic mass is 16.4. The molecule has 1 heterocycles. The molecule has 3 atom stereocenters. The highest BCUT2D eigenvalue weighted by Gasteiger charge is 2.52. The molecular formula is C23H27N3O4. The fourth-order valence-electron chi connectivity index (χ4n) is 5.17. The first-order valence-electron chi connectivity index (χ1n) is 10.1. The van der Waals surface area contributed by atoms with Crippen LogP contribution in [-0.2, 0) is 11.8 Å². The van der Waals surface area contributed by atoms with Crippen LogP contribution in [0.5, 0.6) is 5.75 Å². The summed E-state index contributed by atoms with van der Waals surface area (Å²) in [4.78, 5) is 28.2. The number of aromatic hydroxyl groups is 1. The Morgan fingerprint density at radius 3 is 2.57 bits per heavy atom. The van der Waals surface area contributed by atoms with Gasteiger partial charge in [0, 0.05) is 24.2 Å². The number of amides is 2. The Morgan fingerprint density at radius 1 is 1.20 bits per heavy atom. The van der Waals surface area contributed by atoms with Gasteiger partial charge in [-0.1, -0.05) is 13.0 Å². The summed E-state index contributed by atoms with van der Waals surface area (Å²) in [7, 11) is 3.91. The summed E-state index contributed by atoms with van der Waals surface area (Å²) in [5.74, 6) is -0.755. The molecule has 2 aliphatic rings. The molecule has 30 heavy (non-hydrogen) atoms. The number of phenols is 1. The van der Waals surface area contributed by atoms with Gasteiger partial charge in [-0.3, -0.25) is 0 Å². The van der Waals surface area contributed by atoms with Gasteiger partial charge in [0.1, 0.15) is 5.75 Å². The fourth-order valence-corrected chi connectivity index (χ4v) is 5.17. The van der Waals surface area contributed by atoms with Crippen molar-refractivity contribution in [3.05, 3.63) is 59.2 Å². The molecule has 0 radical (unpaired) electrons. The number of aromatic carboxylic acids is 1. The molecule has 0 aromatic heterocycles. The minimum Gasteiger partial charge on any atom is -0.508 e. The number of nitrogens with zero attached hydrogens (tertiary/aromatic N) is 2. The zero-order valence-corrected chi connectivity index (χ0v) is 17.4. The third-order valence-corrected chi connectivity index (χ3v) is 6.83. The van der Waals surface area contributed by atoms with E-state index >= 15 is 0 Å². The molecule has 1 saturated heterocycles. The maximum absolute atomic E-state index is 13.1. The molecule has 4 rings (SSSR count). The lowest BCUT2D eigenvalue weighted by Crippen LogP contribution is -2.67. The highest BCUT2D eigenvalue weighted by Crippen LogP contribution is 2.47. The van der Waals surface area contributed by atoms with Crippen LogP contribution < -0.4 is 5.32 Å². The number of hydrogen-bond acceptors (Lipinski definition) is 4. The molecule has 1 aliphatic heterocycles. The molecule has 2 amide bonds. The average molecular weight is 409 g/mol. The lowest BCUT2D eigenvalue weighted by atomic mass is 9.61. The molecule has 1 fully saturated rings. The summed E-state index contributed by atoms with van der Waals surface area (Å²) in [6.45, 7) is 3.11. The van der Waals surface area contributed by atoms with Crippen LogP contribution in [0, 0.1) is 0 Å². The number of benzene rings is 2. The standard InChI is InChI=1S/C23H27N3O4/c1-23-10-11-25(2)19(12-15-6-9-17(27)13-18(15)23)20(23)26(3)22(30)24-16-7-4-14(5-8-16)21(28)29/h4-9,13,19-20,27H,10-12H2,1-3H3,(H,24,30)(H,28,29)/t19-,20-,23-/m1/s1. The van der Waals surface area contributed by atoms with Crippen molar-refractivity contribution in [1.29, 1.82) is 0 Å². The maximum Gasteiger partial charge on any atom is 0.335 e. The number of hydrogen-bond donors (Lipinski definition) is 3. The number of carbonyl (C=O) groups excluding carboxylic acids is 1. The number of fused-ring (bicyclic) bond motifs is 4. The topological polar surface area (TPSA) is 93.1 Å². The van der Waals surface area contributed by atoms with Gasteiger partial charge in [0.05, 0.1) is 11.6 Å². The molecule has 3 N–H and O–H groups in total. The average Bonchev–Trinajstić information content (AvgIpc) is 2.71. The Morgan fingerprint density at radius 2 is 1.90 bits per heavy atom. The van der Waals surface area contributed by atoms with Gasteiger partial charge in [-0.2, -0.15) is 0 Å². The summed E-state index contributed by atoms with van der Waals surface area (Å²) < 4.78 is 0. The number of phenolic OH excluding ortho intramolecular Hbond substituents is 1. The molecule has 7 nitrogen and oxygen atoms in total. The number of urea groups is 1. The quantitative estimate of drug-likeness (QED) is 0.724. The molecular weight excluding hydrogens is 382 g/mol. The van der Waals surface area contributed by atoms with Crippen molar-refractivity contribution >= 4 is 17.7 Å². The summed E-state index contributed by atoms with van der Waals surface area (Å²) in [6, 6.07) is 11.6. The van der Waals surface area contributed by atoms with Gasteiger partial charge in [0.2, 0.25) is 0 Å². The second-order valence-corrected chi connectivity index (χ2v) is 8.63. The lowest BCUT2D eigenvalue weighted by molar-refractivity contribution is 0.0213. The number of anilines is 1. The summed E-state index contributed by atoms with van der Waals surface area (Å²) in [5.41, 5.74) is 2.79. The van der Waals surface area contributed by atoms with Crippen LogP contribution in [-0.4, -0.2) is 64.7 Å². The second-order valence-electron chi connectivity index (χ2n) is 8.63. The molecule has 0 saturated carbocycles. The number of likely N-dealkylation sites (tertiary alicyclic amines) is 1. The van der Waals surface area contributed by atoms with Crippen LogP contribution in [0.4, 0.5) is 10.5 Å². The van der Waals surface area contributed by atoms with Crippen molar-refractivity contribution in [1.82, 2.24) is 9.80 Å². The molecule has 0 spiro atoms. The Balaban J connectivity index is 1.63. The zero-order valence-electron chi connectivity index (χ0n) is 17.4. The van der Waals surface area contributed by atoms with Gasteiger partial charge in [-0.05, 0) is 74.0 Å². The molecule has 2 aromatic rings. The van der Waals surface area contributed by atoms with E-state index in [-0.39, 0.29) is 34.8 Å². The van der Waals surface area contributed by atoms with Crippen LogP contribution in [0.1, 0.15) is 34.8 Å². The number of carbonyl (C=O) groups is 2. The van der Waals surface area contributed by atoms with E-state index < -0.39 is 5.97 Å². The van der Waals surface area contributed by atoms with E-state index in [1.165, 1.54) is 17.7 Å². The number of likely N-dealkylation sites (N-methyl/N-ethyl adjacent to an activating group) is 2. The second kappa shape index (κ2) is 7.32. The fraction of sp³-hybridized carbons (Fsp3) is 0.391. The summed E-state index contributed by atoms with van der Waals surface area (Å²) in [5, 5.41) is 22.0. The van der Waals surface area contributed by atoms with Crippen LogP contribution in [0.15, 0.2) is 42.5 Å². The SMILES string of the molecule is CN1CC[C@]2(C)c3cc(O)ccc3C[C@@H]1[C@H]2N(C)C(=O)Nc1ccc(C(=O)O)cc1. The van der Waals surface area contributed by atoms with Crippen molar-refractivity contribution in [3.8, 4) is 5.75 Å². The maximum atomic E-state index is 13.1. The lowest BCUT2D eigenvalue weighted by Gasteiger charge is -2.57. The van der Waals surface area contributed by atoms with E-state index in [2.05, 4.69) is 24.2 Å². The number of nitrogens with one attached hydrogen (secondary N) is 1. The van der Waals surface area contributed by atoms with Gasteiger partial charge in [0.15, 0.2) is 0 Å². The Bertz CT molecular complexity index is 990. The van der Waals surface area contributed by atoms with E-state index in [4.69, 9.17) is 5.11 Å². The van der Waals surface area contributed by atoms with E-state index in [1.54, 1.807) is 23.1 Å². The van der Waals surface area contributed by atoms with Crippen molar-refractivity contribution in [2.75, 3.05) is 26.0 Å². The first-order chi connectivity index (χ1) is 14.2. The molecule has 7 heteroatoms. The van der Waals surface area contributed by atoms with Gasteiger partial charge in [-0.25, -0.2) is 9.59 Å². The highest BCUT2D eigenvalue weighted by molar-refractivity contribution is 5.91. The smallest absolute Gasteiger partial charge is 0.335 e. The van der Waals surface area contributed by atoms with Crippen molar-refractivity contribution in [2.45, 2.75) is 37.3 Å². The predicted molar refractivity (Wildman–Crippen MR) is 114 cm³/mol. The van der Waals surface area contributed by atoms with E-state index in [0.717, 1.165) is 24.9 Å². The largest absolute Gasteiger partial charge is 0.508 e. The van der Waals surface area contributed by atoms with E-state index in [1.807, 2.05) is 19.2 Å². The molecule has 158 valence electrons. The number of carboxylic acids is 1. The van der Waals surface area contributed by atoms with Crippen LogP contribution in [0.3, 0.4) is 0 Å². The molecule has 2 aromatic carbocycles. The normalized spacial score (nSPS) is 25.3. The van der Waals surface area contributed by atoms with E-state index in [0.29, 0.717) is 5.69 Å². The van der Waals surface area contributed by atoms with E-state index in [9.17, 15) is 14.7 Å². The minimum absolute atomic E-state index is 0.0659. The predicted octanol–water partition coefficient (Wildman–Crippen LogP) is 3.14.